The average Bonchev–Trinajstić information content (AvgIpc) is 2.92. The van der Waals surface area contributed by atoms with Crippen LogP contribution in [0, 0.1) is 0 Å². The van der Waals surface area contributed by atoms with E-state index < -0.39 is 18.8 Å². The number of carbonyl (C=O) groups excluding carboxylic acids is 1. The summed E-state index contributed by atoms with van der Waals surface area (Å²) in [4.78, 5) is 13.7. The van der Waals surface area contributed by atoms with E-state index in [1.807, 2.05) is 0 Å². The van der Waals surface area contributed by atoms with Crippen molar-refractivity contribution in [2.24, 2.45) is 0 Å². The number of β-amino-alcohol motifs (C(OH)–C–C–N with tert-alkyl or cyclic N) is 1. The zero-order valence-electron chi connectivity index (χ0n) is 13.0. The van der Waals surface area contributed by atoms with Crippen LogP contribution in [0.25, 0.3) is 0 Å². The van der Waals surface area contributed by atoms with E-state index in [4.69, 9.17) is 4.74 Å². The Hall–Kier alpha value is -1.93. The van der Waals surface area contributed by atoms with Crippen molar-refractivity contribution in [1.29, 1.82) is 0 Å². The first kappa shape index (κ1) is 17.4. The van der Waals surface area contributed by atoms with Crippen molar-refractivity contribution in [2.45, 2.75) is 31.7 Å². The first-order valence-electron chi connectivity index (χ1n) is 7.19. The van der Waals surface area contributed by atoms with Gasteiger partial charge in [-0.2, -0.15) is 8.78 Å². The monoisotopic (exact) mass is 330 g/mol. The summed E-state index contributed by atoms with van der Waals surface area (Å²) in [5, 5.41) is 12.4. The summed E-state index contributed by atoms with van der Waals surface area (Å²) in [6.07, 6.45) is -0.157. The van der Waals surface area contributed by atoms with Crippen LogP contribution in [0.2, 0.25) is 0 Å². The molecule has 1 aromatic rings. The standard InChI is InChI=1S/C15H20F2N2O4/c1-19(14(21)11-6-10(20)7-18-11)8-9-3-4-12(22-2)13(5-9)23-15(16)17/h3-5,10-11,15,18,20H,6-8H2,1-2H3. The van der Waals surface area contributed by atoms with Crippen molar-refractivity contribution in [3.05, 3.63) is 23.8 Å². The summed E-state index contributed by atoms with van der Waals surface area (Å²) in [5.74, 6) is -0.0347. The maximum absolute atomic E-state index is 12.4. The number of aliphatic hydroxyl groups excluding tert-OH is 1. The molecule has 0 saturated carbocycles. The van der Waals surface area contributed by atoms with Crippen LogP contribution >= 0.6 is 0 Å². The van der Waals surface area contributed by atoms with Crippen molar-refractivity contribution >= 4 is 5.91 Å². The molecule has 2 atom stereocenters. The molecule has 128 valence electrons. The Bertz CT molecular complexity index is 556. The molecule has 2 unspecified atom stereocenters. The van der Waals surface area contributed by atoms with Crippen LogP contribution in [0.4, 0.5) is 8.78 Å². The average molecular weight is 330 g/mol. The predicted molar refractivity (Wildman–Crippen MR) is 78.5 cm³/mol. The highest BCUT2D eigenvalue weighted by Crippen LogP contribution is 2.30. The number of hydrogen-bond acceptors (Lipinski definition) is 5. The van der Waals surface area contributed by atoms with Gasteiger partial charge in [0.1, 0.15) is 0 Å². The number of alkyl halides is 2. The van der Waals surface area contributed by atoms with Gasteiger partial charge in [0.2, 0.25) is 5.91 Å². The molecule has 8 heteroatoms. The molecule has 1 amide bonds. The summed E-state index contributed by atoms with van der Waals surface area (Å²) in [5.41, 5.74) is 0.635. The van der Waals surface area contributed by atoms with Crippen LogP contribution in [0.15, 0.2) is 18.2 Å². The van der Waals surface area contributed by atoms with Crippen LogP contribution in [0.1, 0.15) is 12.0 Å². The number of hydrogen-bond donors (Lipinski definition) is 2. The summed E-state index contributed by atoms with van der Waals surface area (Å²) >= 11 is 0. The highest BCUT2D eigenvalue weighted by molar-refractivity contribution is 5.82. The molecule has 0 radical (unpaired) electrons. The van der Waals surface area contributed by atoms with Crippen molar-refractivity contribution < 1.29 is 28.2 Å². The Labute approximate surface area is 133 Å². The van der Waals surface area contributed by atoms with E-state index in [-0.39, 0.29) is 24.0 Å². The van der Waals surface area contributed by atoms with E-state index in [0.717, 1.165) is 0 Å². The van der Waals surface area contributed by atoms with Crippen LogP contribution in [-0.2, 0) is 11.3 Å². The molecule has 1 fully saturated rings. The second-order valence-corrected chi connectivity index (χ2v) is 5.41. The fourth-order valence-corrected chi connectivity index (χ4v) is 2.53. The first-order valence-corrected chi connectivity index (χ1v) is 7.19. The van der Waals surface area contributed by atoms with Gasteiger partial charge in [0.25, 0.3) is 0 Å². The van der Waals surface area contributed by atoms with E-state index in [1.54, 1.807) is 13.1 Å². The number of halogens is 2. The van der Waals surface area contributed by atoms with Gasteiger partial charge in [-0.05, 0) is 24.1 Å². The van der Waals surface area contributed by atoms with Crippen LogP contribution < -0.4 is 14.8 Å². The first-order chi connectivity index (χ1) is 10.9. The van der Waals surface area contributed by atoms with Crippen LogP contribution in [0.3, 0.4) is 0 Å². The molecular formula is C15H20F2N2O4. The minimum Gasteiger partial charge on any atom is -0.493 e. The van der Waals surface area contributed by atoms with Gasteiger partial charge >= 0.3 is 6.61 Å². The van der Waals surface area contributed by atoms with Gasteiger partial charge in [0, 0.05) is 20.1 Å². The zero-order valence-corrected chi connectivity index (χ0v) is 13.0. The smallest absolute Gasteiger partial charge is 0.387 e. The molecule has 2 N–H and O–H groups in total. The number of aliphatic hydroxyl groups is 1. The second-order valence-electron chi connectivity index (χ2n) is 5.41. The number of methoxy groups -OCH3 is 1. The van der Waals surface area contributed by atoms with Crippen LogP contribution in [0.5, 0.6) is 11.5 Å². The Morgan fingerprint density at radius 2 is 2.22 bits per heavy atom. The lowest BCUT2D eigenvalue weighted by Gasteiger charge is -2.21. The molecule has 23 heavy (non-hydrogen) atoms. The van der Waals surface area contributed by atoms with E-state index in [9.17, 15) is 18.7 Å². The van der Waals surface area contributed by atoms with Crippen LogP contribution in [-0.4, -0.2) is 55.4 Å². The molecule has 0 aromatic heterocycles. The number of nitrogens with zero attached hydrogens (tertiary/aromatic N) is 1. The minimum absolute atomic E-state index is 0.0738. The van der Waals surface area contributed by atoms with Gasteiger partial charge in [-0.1, -0.05) is 6.07 Å². The largest absolute Gasteiger partial charge is 0.493 e. The molecule has 1 saturated heterocycles. The molecule has 1 heterocycles. The zero-order chi connectivity index (χ0) is 17.0. The molecule has 1 aromatic carbocycles. The Morgan fingerprint density at radius 3 is 2.78 bits per heavy atom. The van der Waals surface area contributed by atoms with Crippen molar-refractivity contribution in [3.63, 3.8) is 0 Å². The highest BCUT2D eigenvalue weighted by Gasteiger charge is 2.30. The number of carbonyl (C=O) groups is 1. The lowest BCUT2D eigenvalue weighted by Crippen LogP contribution is -2.41. The molecule has 6 nitrogen and oxygen atoms in total. The van der Waals surface area contributed by atoms with E-state index in [2.05, 4.69) is 10.1 Å². The fourth-order valence-electron chi connectivity index (χ4n) is 2.53. The minimum atomic E-state index is -2.96. The maximum atomic E-state index is 12.4. The maximum Gasteiger partial charge on any atom is 0.387 e. The number of ether oxygens (including phenoxy) is 2. The number of nitrogens with one attached hydrogen (secondary N) is 1. The molecule has 0 spiro atoms. The molecule has 0 bridgehead atoms. The molecule has 0 aliphatic carbocycles. The lowest BCUT2D eigenvalue weighted by atomic mass is 10.1. The van der Waals surface area contributed by atoms with E-state index in [1.165, 1.54) is 24.1 Å². The Morgan fingerprint density at radius 1 is 1.48 bits per heavy atom. The summed E-state index contributed by atoms with van der Waals surface area (Å²) in [7, 11) is 2.98. The van der Waals surface area contributed by atoms with Gasteiger partial charge in [-0.25, -0.2) is 0 Å². The third-order valence-electron chi connectivity index (χ3n) is 3.65. The molecular weight excluding hydrogens is 310 g/mol. The number of benzene rings is 1. The van der Waals surface area contributed by atoms with Crippen molar-refractivity contribution in [1.82, 2.24) is 10.2 Å². The predicted octanol–water partition coefficient (Wildman–Crippen LogP) is 0.978. The highest BCUT2D eigenvalue weighted by atomic mass is 19.3. The van der Waals surface area contributed by atoms with Gasteiger partial charge in [0.15, 0.2) is 11.5 Å². The third kappa shape index (κ3) is 4.52. The topological polar surface area (TPSA) is 71.0 Å². The van der Waals surface area contributed by atoms with Crippen molar-refractivity contribution in [3.8, 4) is 11.5 Å². The summed E-state index contributed by atoms with van der Waals surface area (Å²) in [6, 6.07) is 4.19. The SMILES string of the molecule is COc1ccc(CN(C)C(=O)C2CC(O)CN2)cc1OC(F)F. The third-order valence-corrected chi connectivity index (χ3v) is 3.65. The van der Waals surface area contributed by atoms with Gasteiger partial charge in [0.05, 0.1) is 19.3 Å². The number of rotatable bonds is 6. The fraction of sp³-hybridized carbons (Fsp3) is 0.533. The number of amides is 1. The normalized spacial score (nSPS) is 20.6. The van der Waals surface area contributed by atoms with Gasteiger partial charge in [-0.15, -0.1) is 0 Å². The summed E-state index contributed by atoms with van der Waals surface area (Å²) in [6.45, 7) is -2.33. The Kier molecular flexibility index (Phi) is 5.73. The van der Waals surface area contributed by atoms with E-state index in [0.29, 0.717) is 18.5 Å². The number of likely N-dealkylation sites (N-methyl/N-ethyl adjacent to an activating group) is 1. The van der Waals surface area contributed by atoms with E-state index >= 15 is 0 Å². The molecule has 1 aliphatic rings. The Balaban J connectivity index is 2.05. The van der Waals surface area contributed by atoms with Gasteiger partial charge in [-0.3, -0.25) is 4.79 Å². The second kappa shape index (κ2) is 7.56. The van der Waals surface area contributed by atoms with Gasteiger partial charge < -0.3 is 24.8 Å². The lowest BCUT2D eigenvalue weighted by molar-refractivity contribution is -0.132. The molecule has 1 aliphatic heterocycles. The van der Waals surface area contributed by atoms with Crippen molar-refractivity contribution in [2.75, 3.05) is 20.7 Å². The summed E-state index contributed by atoms with van der Waals surface area (Å²) < 4.78 is 34.2. The quantitative estimate of drug-likeness (QED) is 0.814. The molecule has 2 rings (SSSR count).